The van der Waals surface area contributed by atoms with Crippen molar-refractivity contribution >= 4 is 29.4 Å². The van der Waals surface area contributed by atoms with Gasteiger partial charge in [0.25, 0.3) is 0 Å². The Kier molecular flexibility index (Phi) is 6.39. The van der Waals surface area contributed by atoms with Crippen molar-refractivity contribution in [3.05, 3.63) is 57.9 Å². The van der Waals surface area contributed by atoms with Crippen LogP contribution in [-0.4, -0.2) is 28.6 Å². The third-order valence-corrected chi connectivity index (χ3v) is 4.75. The Morgan fingerprint density at radius 2 is 2.07 bits per heavy atom. The third-order valence-electron chi connectivity index (χ3n) is 4.52. The molecule has 0 unspecified atom stereocenters. The van der Waals surface area contributed by atoms with E-state index in [0.717, 1.165) is 22.5 Å². The lowest BCUT2D eigenvalue weighted by Crippen LogP contribution is -2.12. The summed E-state index contributed by atoms with van der Waals surface area (Å²) in [5.74, 6) is -0.315. The van der Waals surface area contributed by atoms with E-state index < -0.39 is 0 Å². The summed E-state index contributed by atoms with van der Waals surface area (Å²) in [4.78, 5) is 27.5. The SMILES string of the molecule is CCOC(=O)c1c(C)[nH]c(CCC(=O)Nc2cc(-c3cccc(Cl)c3)no2)c1C. The average molecular weight is 416 g/mol. The number of amides is 1. The Balaban J connectivity index is 1.61. The molecule has 0 aliphatic carbocycles. The number of rotatable bonds is 7. The highest BCUT2D eigenvalue weighted by molar-refractivity contribution is 6.30. The molecule has 0 fully saturated rings. The minimum Gasteiger partial charge on any atom is -0.462 e. The normalized spacial score (nSPS) is 10.8. The molecular weight excluding hydrogens is 394 g/mol. The lowest BCUT2D eigenvalue weighted by atomic mass is 10.1. The number of hydrogen-bond acceptors (Lipinski definition) is 5. The van der Waals surface area contributed by atoms with Crippen LogP contribution < -0.4 is 5.32 Å². The standard InChI is InChI=1S/C21H22ClN3O4/c1-4-28-21(27)20-12(2)16(23-13(20)3)8-9-18(26)24-19-11-17(25-29-19)14-6-5-7-15(22)10-14/h5-7,10-11,23H,4,8-9H2,1-3H3,(H,24,26). The van der Waals surface area contributed by atoms with Crippen LogP contribution in [0.25, 0.3) is 11.3 Å². The van der Waals surface area contributed by atoms with E-state index in [4.69, 9.17) is 20.9 Å². The van der Waals surface area contributed by atoms with Gasteiger partial charge in [0, 0.05) is 34.5 Å². The summed E-state index contributed by atoms with van der Waals surface area (Å²) < 4.78 is 10.3. The van der Waals surface area contributed by atoms with Crippen molar-refractivity contribution in [2.24, 2.45) is 0 Å². The summed E-state index contributed by atoms with van der Waals surface area (Å²) in [5, 5.41) is 7.25. The highest BCUT2D eigenvalue weighted by atomic mass is 35.5. The molecular formula is C21H22ClN3O4. The predicted octanol–water partition coefficient (Wildman–Crippen LogP) is 4.69. The van der Waals surface area contributed by atoms with Gasteiger partial charge in [0.1, 0.15) is 5.69 Å². The number of esters is 1. The highest BCUT2D eigenvalue weighted by Gasteiger charge is 2.19. The Hall–Kier alpha value is -3.06. The molecule has 29 heavy (non-hydrogen) atoms. The quantitative estimate of drug-likeness (QED) is 0.545. The molecule has 0 saturated carbocycles. The summed E-state index contributed by atoms with van der Waals surface area (Å²) >= 11 is 5.99. The molecule has 2 N–H and O–H groups in total. The maximum Gasteiger partial charge on any atom is 0.340 e. The summed E-state index contributed by atoms with van der Waals surface area (Å²) in [6.07, 6.45) is 0.670. The van der Waals surface area contributed by atoms with Crippen LogP contribution in [0.2, 0.25) is 5.02 Å². The minimum absolute atomic E-state index is 0.219. The van der Waals surface area contributed by atoms with Crippen LogP contribution in [0.5, 0.6) is 0 Å². The first kappa shape index (κ1) is 20.7. The van der Waals surface area contributed by atoms with Gasteiger partial charge in [-0.1, -0.05) is 28.9 Å². The van der Waals surface area contributed by atoms with E-state index in [1.807, 2.05) is 26.0 Å². The molecule has 3 aromatic rings. The van der Waals surface area contributed by atoms with Gasteiger partial charge < -0.3 is 14.2 Å². The van der Waals surface area contributed by atoms with Gasteiger partial charge in [-0.05, 0) is 44.9 Å². The first-order chi connectivity index (χ1) is 13.9. The third kappa shape index (κ3) is 4.86. The van der Waals surface area contributed by atoms with Crippen molar-refractivity contribution in [2.75, 3.05) is 11.9 Å². The number of aromatic amines is 1. The van der Waals surface area contributed by atoms with E-state index in [1.165, 1.54) is 0 Å². The molecule has 1 amide bonds. The van der Waals surface area contributed by atoms with Crippen molar-refractivity contribution in [3.8, 4) is 11.3 Å². The number of hydrogen-bond donors (Lipinski definition) is 2. The number of carbonyl (C=O) groups is 2. The zero-order valence-electron chi connectivity index (χ0n) is 16.5. The summed E-state index contributed by atoms with van der Waals surface area (Å²) in [5.41, 5.74) is 4.28. The number of aromatic nitrogens is 2. The molecule has 0 aliphatic rings. The molecule has 2 aromatic heterocycles. The first-order valence-electron chi connectivity index (χ1n) is 9.26. The lowest BCUT2D eigenvalue weighted by Gasteiger charge is -2.03. The number of ether oxygens (including phenoxy) is 1. The second-order valence-corrected chi connectivity index (χ2v) is 7.02. The fourth-order valence-electron chi connectivity index (χ4n) is 3.13. The lowest BCUT2D eigenvalue weighted by molar-refractivity contribution is -0.116. The van der Waals surface area contributed by atoms with Crippen LogP contribution in [0.1, 0.15) is 40.7 Å². The van der Waals surface area contributed by atoms with Gasteiger partial charge in [-0.2, -0.15) is 0 Å². The molecule has 2 heterocycles. The van der Waals surface area contributed by atoms with Crippen LogP contribution >= 0.6 is 11.6 Å². The number of carbonyl (C=O) groups excluding carboxylic acids is 2. The zero-order chi connectivity index (χ0) is 21.0. The summed E-state index contributed by atoms with van der Waals surface area (Å²) in [6, 6.07) is 8.85. The fourth-order valence-corrected chi connectivity index (χ4v) is 3.32. The van der Waals surface area contributed by atoms with E-state index in [9.17, 15) is 9.59 Å². The number of anilines is 1. The minimum atomic E-state index is -0.357. The van der Waals surface area contributed by atoms with Crippen LogP contribution in [0.15, 0.2) is 34.9 Å². The monoisotopic (exact) mass is 415 g/mol. The summed E-state index contributed by atoms with van der Waals surface area (Å²) in [7, 11) is 0. The number of nitrogens with one attached hydrogen (secondary N) is 2. The van der Waals surface area contributed by atoms with E-state index in [-0.39, 0.29) is 24.2 Å². The van der Waals surface area contributed by atoms with Crippen LogP contribution in [0, 0.1) is 13.8 Å². The highest BCUT2D eigenvalue weighted by Crippen LogP contribution is 2.25. The predicted molar refractivity (Wildman–Crippen MR) is 110 cm³/mol. The summed E-state index contributed by atoms with van der Waals surface area (Å²) in [6.45, 7) is 5.74. The topological polar surface area (TPSA) is 97.2 Å². The van der Waals surface area contributed by atoms with Crippen molar-refractivity contribution in [2.45, 2.75) is 33.6 Å². The van der Waals surface area contributed by atoms with Gasteiger partial charge >= 0.3 is 5.97 Å². The van der Waals surface area contributed by atoms with Crippen molar-refractivity contribution < 1.29 is 18.8 Å². The number of halogens is 1. The molecule has 0 radical (unpaired) electrons. The fraction of sp³-hybridized carbons (Fsp3) is 0.286. The van der Waals surface area contributed by atoms with Crippen LogP contribution in [0.3, 0.4) is 0 Å². The van der Waals surface area contributed by atoms with Gasteiger partial charge in [-0.25, -0.2) is 4.79 Å². The molecule has 0 saturated heterocycles. The largest absolute Gasteiger partial charge is 0.462 e. The Morgan fingerprint density at radius 1 is 1.28 bits per heavy atom. The van der Waals surface area contributed by atoms with E-state index in [2.05, 4.69) is 15.5 Å². The van der Waals surface area contributed by atoms with Crippen molar-refractivity contribution in [3.63, 3.8) is 0 Å². The van der Waals surface area contributed by atoms with E-state index in [0.29, 0.717) is 29.3 Å². The van der Waals surface area contributed by atoms with Crippen LogP contribution in [-0.2, 0) is 16.0 Å². The molecule has 0 atom stereocenters. The average Bonchev–Trinajstić information content (AvgIpc) is 3.24. The van der Waals surface area contributed by atoms with E-state index >= 15 is 0 Å². The van der Waals surface area contributed by atoms with Crippen LogP contribution in [0.4, 0.5) is 5.88 Å². The maximum atomic E-state index is 12.3. The molecule has 152 valence electrons. The molecule has 8 heteroatoms. The molecule has 7 nitrogen and oxygen atoms in total. The number of benzene rings is 1. The van der Waals surface area contributed by atoms with Crippen molar-refractivity contribution in [1.29, 1.82) is 0 Å². The molecule has 3 rings (SSSR count). The molecule has 0 bridgehead atoms. The van der Waals surface area contributed by atoms with Gasteiger partial charge in [0.05, 0.1) is 12.2 Å². The zero-order valence-corrected chi connectivity index (χ0v) is 17.2. The molecule has 0 aliphatic heterocycles. The Morgan fingerprint density at radius 3 is 2.79 bits per heavy atom. The van der Waals surface area contributed by atoms with Gasteiger partial charge in [-0.3, -0.25) is 10.1 Å². The molecule has 0 spiro atoms. The smallest absolute Gasteiger partial charge is 0.340 e. The van der Waals surface area contributed by atoms with Gasteiger partial charge in [0.15, 0.2) is 0 Å². The number of nitrogens with zero attached hydrogens (tertiary/aromatic N) is 1. The Labute approximate surface area is 173 Å². The Bertz CT molecular complexity index is 1040. The van der Waals surface area contributed by atoms with Gasteiger partial charge in [-0.15, -0.1) is 0 Å². The second-order valence-electron chi connectivity index (χ2n) is 6.58. The molecule has 1 aromatic carbocycles. The first-order valence-corrected chi connectivity index (χ1v) is 9.64. The number of aryl methyl sites for hydroxylation is 2. The van der Waals surface area contributed by atoms with Crippen molar-refractivity contribution in [1.82, 2.24) is 10.1 Å². The number of H-pyrrole nitrogens is 1. The van der Waals surface area contributed by atoms with E-state index in [1.54, 1.807) is 25.1 Å². The maximum absolute atomic E-state index is 12.3. The van der Waals surface area contributed by atoms with Gasteiger partial charge in [0.2, 0.25) is 11.8 Å². The second kappa shape index (κ2) is 8.96.